The normalized spacial score (nSPS) is 19.5. The molecule has 72 valence electrons. The SMILES string of the molecule is OC1(CNc2nc(Cl)cs2)CCC1. The molecule has 0 bridgehead atoms. The van der Waals surface area contributed by atoms with E-state index in [9.17, 15) is 5.11 Å². The summed E-state index contributed by atoms with van der Waals surface area (Å²) >= 11 is 7.11. The van der Waals surface area contributed by atoms with Gasteiger partial charge in [0.25, 0.3) is 0 Å². The van der Waals surface area contributed by atoms with Gasteiger partial charge in [-0.1, -0.05) is 11.6 Å². The summed E-state index contributed by atoms with van der Waals surface area (Å²) in [5.41, 5.74) is -0.502. The molecule has 1 aromatic rings. The molecule has 1 aliphatic rings. The summed E-state index contributed by atoms with van der Waals surface area (Å²) in [5, 5.41) is 15.9. The fraction of sp³-hybridized carbons (Fsp3) is 0.625. The first-order chi connectivity index (χ1) is 6.18. The van der Waals surface area contributed by atoms with Crippen LogP contribution in [0.25, 0.3) is 0 Å². The molecule has 0 unspecified atom stereocenters. The lowest BCUT2D eigenvalue weighted by Gasteiger charge is -2.36. The number of aromatic nitrogens is 1. The van der Waals surface area contributed by atoms with Crippen LogP contribution in [0.2, 0.25) is 5.15 Å². The van der Waals surface area contributed by atoms with E-state index in [1.165, 1.54) is 11.3 Å². The van der Waals surface area contributed by atoms with E-state index in [0.717, 1.165) is 24.4 Å². The number of thiazole rings is 1. The Hall–Kier alpha value is -0.320. The highest BCUT2D eigenvalue weighted by Crippen LogP contribution is 2.32. The topological polar surface area (TPSA) is 45.1 Å². The van der Waals surface area contributed by atoms with Gasteiger partial charge in [-0.05, 0) is 19.3 Å². The Balaban J connectivity index is 1.85. The van der Waals surface area contributed by atoms with Gasteiger partial charge >= 0.3 is 0 Å². The van der Waals surface area contributed by atoms with Crippen molar-refractivity contribution in [1.82, 2.24) is 4.98 Å². The molecule has 1 aliphatic carbocycles. The predicted octanol–water partition coefficient (Wildman–Crippen LogP) is 2.12. The zero-order valence-electron chi connectivity index (χ0n) is 7.09. The highest BCUT2D eigenvalue weighted by atomic mass is 35.5. The van der Waals surface area contributed by atoms with Crippen LogP contribution in [-0.2, 0) is 0 Å². The second-order valence-electron chi connectivity index (χ2n) is 3.41. The van der Waals surface area contributed by atoms with E-state index in [4.69, 9.17) is 11.6 Å². The minimum atomic E-state index is -0.502. The van der Waals surface area contributed by atoms with Crippen molar-refractivity contribution < 1.29 is 5.11 Å². The van der Waals surface area contributed by atoms with Crippen molar-refractivity contribution in [3.8, 4) is 0 Å². The maximum absolute atomic E-state index is 9.76. The molecule has 0 aromatic carbocycles. The molecule has 1 aromatic heterocycles. The lowest BCUT2D eigenvalue weighted by molar-refractivity contribution is -0.0201. The fourth-order valence-electron chi connectivity index (χ4n) is 1.34. The van der Waals surface area contributed by atoms with E-state index in [1.807, 2.05) is 0 Å². The number of nitrogens with zero attached hydrogens (tertiary/aromatic N) is 1. The van der Waals surface area contributed by atoms with Gasteiger partial charge in [-0.3, -0.25) is 0 Å². The van der Waals surface area contributed by atoms with Crippen molar-refractivity contribution in [2.24, 2.45) is 0 Å². The maximum Gasteiger partial charge on any atom is 0.184 e. The molecular weight excluding hydrogens is 208 g/mol. The lowest BCUT2D eigenvalue weighted by atomic mass is 9.80. The first-order valence-electron chi connectivity index (χ1n) is 4.25. The molecule has 0 aliphatic heterocycles. The van der Waals surface area contributed by atoms with Gasteiger partial charge < -0.3 is 10.4 Å². The van der Waals surface area contributed by atoms with Crippen LogP contribution in [0.1, 0.15) is 19.3 Å². The van der Waals surface area contributed by atoms with Gasteiger partial charge in [0.2, 0.25) is 0 Å². The number of aliphatic hydroxyl groups is 1. The number of halogens is 1. The molecule has 0 radical (unpaired) electrons. The van der Waals surface area contributed by atoms with Crippen molar-refractivity contribution in [1.29, 1.82) is 0 Å². The highest BCUT2D eigenvalue weighted by Gasteiger charge is 2.34. The highest BCUT2D eigenvalue weighted by molar-refractivity contribution is 7.14. The zero-order valence-corrected chi connectivity index (χ0v) is 8.66. The third kappa shape index (κ3) is 2.13. The standard InChI is InChI=1S/C8H11ClN2OS/c9-6-4-13-7(11-6)10-5-8(12)2-1-3-8/h4,12H,1-3,5H2,(H,10,11). The Morgan fingerprint density at radius 2 is 2.46 bits per heavy atom. The molecule has 3 nitrogen and oxygen atoms in total. The number of nitrogens with one attached hydrogen (secondary N) is 1. The Kier molecular flexibility index (Phi) is 2.45. The van der Waals surface area contributed by atoms with Crippen molar-refractivity contribution in [2.75, 3.05) is 11.9 Å². The van der Waals surface area contributed by atoms with Crippen LogP contribution < -0.4 is 5.32 Å². The number of hydrogen-bond acceptors (Lipinski definition) is 4. The average Bonchev–Trinajstić information content (AvgIpc) is 2.44. The summed E-state index contributed by atoms with van der Waals surface area (Å²) in [7, 11) is 0. The summed E-state index contributed by atoms with van der Waals surface area (Å²) in [4.78, 5) is 4.03. The minimum Gasteiger partial charge on any atom is -0.388 e. The number of hydrogen-bond donors (Lipinski definition) is 2. The van der Waals surface area contributed by atoms with Crippen LogP contribution in [0.3, 0.4) is 0 Å². The number of rotatable bonds is 3. The van der Waals surface area contributed by atoms with Crippen LogP contribution in [0.5, 0.6) is 0 Å². The summed E-state index contributed by atoms with van der Waals surface area (Å²) < 4.78 is 0. The maximum atomic E-state index is 9.76. The first kappa shape index (κ1) is 9.24. The lowest BCUT2D eigenvalue weighted by Crippen LogP contribution is -2.43. The third-order valence-electron chi connectivity index (χ3n) is 2.33. The van der Waals surface area contributed by atoms with Crippen LogP contribution in [-0.4, -0.2) is 22.2 Å². The van der Waals surface area contributed by atoms with Gasteiger partial charge in [0.15, 0.2) is 5.13 Å². The Bertz CT molecular complexity index is 298. The molecule has 2 N–H and O–H groups in total. The van der Waals surface area contributed by atoms with Gasteiger partial charge in [-0.15, -0.1) is 11.3 Å². The van der Waals surface area contributed by atoms with Crippen LogP contribution in [0.4, 0.5) is 5.13 Å². The van der Waals surface area contributed by atoms with E-state index in [-0.39, 0.29) is 0 Å². The Morgan fingerprint density at radius 3 is 2.92 bits per heavy atom. The molecule has 1 fully saturated rings. The number of anilines is 1. The fourth-order valence-corrected chi connectivity index (χ4v) is 2.17. The van der Waals surface area contributed by atoms with Crippen molar-refractivity contribution in [3.05, 3.63) is 10.5 Å². The molecule has 2 rings (SSSR count). The van der Waals surface area contributed by atoms with Gasteiger partial charge in [0, 0.05) is 11.9 Å². The van der Waals surface area contributed by atoms with Crippen molar-refractivity contribution in [3.63, 3.8) is 0 Å². The molecule has 0 spiro atoms. The van der Waals surface area contributed by atoms with Crippen LogP contribution in [0.15, 0.2) is 5.38 Å². The van der Waals surface area contributed by atoms with Crippen molar-refractivity contribution >= 4 is 28.1 Å². The van der Waals surface area contributed by atoms with Gasteiger partial charge in [-0.25, -0.2) is 4.98 Å². The van der Waals surface area contributed by atoms with Crippen LogP contribution >= 0.6 is 22.9 Å². The minimum absolute atomic E-state index is 0.502. The smallest absolute Gasteiger partial charge is 0.184 e. The summed E-state index contributed by atoms with van der Waals surface area (Å²) in [6, 6.07) is 0. The average molecular weight is 219 g/mol. The predicted molar refractivity (Wildman–Crippen MR) is 54.4 cm³/mol. The van der Waals surface area contributed by atoms with Gasteiger partial charge in [0.05, 0.1) is 5.60 Å². The molecule has 1 heterocycles. The van der Waals surface area contributed by atoms with E-state index < -0.39 is 5.60 Å². The summed E-state index contributed by atoms with van der Waals surface area (Å²) in [5.74, 6) is 0. The summed E-state index contributed by atoms with van der Waals surface area (Å²) in [6.07, 6.45) is 2.90. The molecular formula is C8H11ClN2OS. The zero-order chi connectivity index (χ0) is 9.31. The summed E-state index contributed by atoms with van der Waals surface area (Å²) in [6.45, 7) is 0.580. The molecule has 0 saturated heterocycles. The van der Waals surface area contributed by atoms with E-state index >= 15 is 0 Å². The van der Waals surface area contributed by atoms with Gasteiger partial charge in [-0.2, -0.15) is 0 Å². The Labute approximate surface area is 85.8 Å². The molecule has 13 heavy (non-hydrogen) atoms. The van der Waals surface area contributed by atoms with E-state index in [1.54, 1.807) is 5.38 Å². The molecule has 0 atom stereocenters. The van der Waals surface area contributed by atoms with E-state index in [2.05, 4.69) is 10.3 Å². The molecule has 1 saturated carbocycles. The second kappa shape index (κ2) is 3.44. The first-order valence-corrected chi connectivity index (χ1v) is 5.51. The Morgan fingerprint density at radius 1 is 1.69 bits per heavy atom. The second-order valence-corrected chi connectivity index (χ2v) is 4.65. The van der Waals surface area contributed by atoms with Crippen LogP contribution in [0, 0.1) is 0 Å². The van der Waals surface area contributed by atoms with E-state index in [0.29, 0.717) is 11.7 Å². The monoisotopic (exact) mass is 218 g/mol. The quantitative estimate of drug-likeness (QED) is 0.817. The third-order valence-corrected chi connectivity index (χ3v) is 3.45. The molecule has 0 amide bonds. The molecule has 5 heteroatoms. The largest absolute Gasteiger partial charge is 0.388 e. The van der Waals surface area contributed by atoms with Gasteiger partial charge in [0.1, 0.15) is 5.15 Å². The van der Waals surface area contributed by atoms with Crippen molar-refractivity contribution in [2.45, 2.75) is 24.9 Å².